The average molecular weight is 154 g/mol. The van der Waals surface area contributed by atoms with Gasteiger partial charge in [-0.1, -0.05) is 39.3 Å². The molecule has 11 heavy (non-hydrogen) atoms. The Kier molecular flexibility index (Phi) is 11.3. The van der Waals surface area contributed by atoms with Gasteiger partial charge in [0.2, 0.25) is 0 Å². The maximum absolute atomic E-state index is 3.98. The van der Waals surface area contributed by atoms with Gasteiger partial charge in [-0.3, -0.25) is 0 Å². The fraction of sp³-hybridized carbons (Fsp3) is 0.636. The van der Waals surface area contributed by atoms with E-state index in [1.165, 1.54) is 24.8 Å². The summed E-state index contributed by atoms with van der Waals surface area (Å²) in [6.07, 6.45) is 3.65. The van der Waals surface area contributed by atoms with E-state index in [-0.39, 0.29) is 0 Å². The van der Waals surface area contributed by atoms with Crippen molar-refractivity contribution in [3.05, 3.63) is 25.3 Å². The second-order valence-electron chi connectivity index (χ2n) is 3.10. The number of rotatable bonds is 4. The summed E-state index contributed by atoms with van der Waals surface area (Å²) in [5.41, 5.74) is 1.41. The Balaban J connectivity index is 0. The summed E-state index contributed by atoms with van der Waals surface area (Å²) in [5, 5.41) is 0. The molecule has 0 atom stereocenters. The lowest BCUT2D eigenvalue weighted by Crippen LogP contribution is -1.89. The molecule has 0 heterocycles. The zero-order valence-electron chi connectivity index (χ0n) is 8.32. The molecule has 0 aromatic carbocycles. The molecule has 0 aromatic rings. The zero-order chi connectivity index (χ0) is 9.28. The van der Waals surface area contributed by atoms with Gasteiger partial charge in [0.15, 0.2) is 0 Å². The van der Waals surface area contributed by atoms with Crippen LogP contribution in [0.1, 0.15) is 40.0 Å². The van der Waals surface area contributed by atoms with Crippen molar-refractivity contribution in [1.29, 1.82) is 0 Å². The van der Waals surface area contributed by atoms with E-state index in [9.17, 15) is 0 Å². The van der Waals surface area contributed by atoms with Crippen LogP contribution in [0.3, 0.4) is 0 Å². The lowest BCUT2D eigenvalue weighted by molar-refractivity contribution is 0.623. The van der Waals surface area contributed by atoms with Crippen molar-refractivity contribution in [3.63, 3.8) is 0 Å². The van der Waals surface area contributed by atoms with E-state index < -0.39 is 0 Å². The lowest BCUT2D eigenvalue weighted by Gasteiger charge is -2.05. The van der Waals surface area contributed by atoms with Crippen LogP contribution in [-0.4, -0.2) is 0 Å². The fourth-order valence-corrected chi connectivity index (χ4v) is 1.03. The van der Waals surface area contributed by atoms with Crippen molar-refractivity contribution >= 4 is 0 Å². The van der Waals surface area contributed by atoms with Gasteiger partial charge >= 0.3 is 0 Å². The Morgan fingerprint density at radius 1 is 1.27 bits per heavy atom. The van der Waals surface area contributed by atoms with E-state index in [2.05, 4.69) is 40.5 Å². The highest BCUT2D eigenvalue weighted by Gasteiger charge is 1.95. The first-order valence-corrected chi connectivity index (χ1v) is 4.33. The summed E-state index contributed by atoms with van der Waals surface area (Å²) in [7, 11) is 0. The Labute approximate surface area is 72.0 Å². The van der Waals surface area contributed by atoms with Crippen LogP contribution in [0.4, 0.5) is 0 Å². The summed E-state index contributed by atoms with van der Waals surface area (Å²) >= 11 is 0. The average Bonchev–Trinajstić information content (AvgIpc) is 1.91. The predicted octanol–water partition coefficient (Wildman–Crippen LogP) is 4.19. The molecule has 0 heteroatoms. The molecule has 0 amide bonds. The van der Waals surface area contributed by atoms with Crippen molar-refractivity contribution in [2.24, 2.45) is 5.92 Å². The summed E-state index contributed by atoms with van der Waals surface area (Å²) < 4.78 is 0. The van der Waals surface area contributed by atoms with Gasteiger partial charge in [-0.15, -0.1) is 13.2 Å². The number of allylic oxidation sites excluding steroid dienone is 1. The van der Waals surface area contributed by atoms with E-state index in [0.29, 0.717) is 0 Å². The zero-order valence-corrected chi connectivity index (χ0v) is 8.32. The Hall–Kier alpha value is -0.520. The SMILES string of the molecule is C=C.C=C(CCC)CC(C)C. The molecule has 0 saturated carbocycles. The molecule has 66 valence electrons. The van der Waals surface area contributed by atoms with Gasteiger partial charge in [0, 0.05) is 0 Å². The molecule has 0 nitrogen and oxygen atoms in total. The molecular weight excluding hydrogens is 132 g/mol. The van der Waals surface area contributed by atoms with Crippen molar-refractivity contribution in [1.82, 2.24) is 0 Å². The smallest absolute Gasteiger partial charge is 0.0300 e. The van der Waals surface area contributed by atoms with Gasteiger partial charge in [0.25, 0.3) is 0 Å². The van der Waals surface area contributed by atoms with Crippen LogP contribution in [0.15, 0.2) is 25.3 Å². The van der Waals surface area contributed by atoms with Gasteiger partial charge in [-0.25, -0.2) is 0 Å². The molecule has 0 N–H and O–H groups in total. The van der Waals surface area contributed by atoms with Crippen LogP contribution in [0, 0.1) is 5.92 Å². The minimum Gasteiger partial charge on any atom is -0.106 e. The molecule has 0 bridgehead atoms. The topological polar surface area (TPSA) is 0 Å². The molecule has 0 aliphatic heterocycles. The van der Waals surface area contributed by atoms with Gasteiger partial charge in [0.05, 0.1) is 0 Å². The van der Waals surface area contributed by atoms with Crippen molar-refractivity contribution < 1.29 is 0 Å². The normalized spacial score (nSPS) is 8.73. The largest absolute Gasteiger partial charge is 0.106 e. The van der Waals surface area contributed by atoms with Crippen LogP contribution in [0.25, 0.3) is 0 Å². The maximum Gasteiger partial charge on any atom is -0.0300 e. The Morgan fingerprint density at radius 2 is 1.73 bits per heavy atom. The van der Waals surface area contributed by atoms with Gasteiger partial charge < -0.3 is 0 Å². The second kappa shape index (κ2) is 9.48. The monoisotopic (exact) mass is 154 g/mol. The predicted molar refractivity (Wildman–Crippen MR) is 54.8 cm³/mol. The summed E-state index contributed by atoms with van der Waals surface area (Å²) in [4.78, 5) is 0. The van der Waals surface area contributed by atoms with Crippen LogP contribution in [0.5, 0.6) is 0 Å². The third kappa shape index (κ3) is 12.6. The van der Waals surface area contributed by atoms with Crippen molar-refractivity contribution in [2.75, 3.05) is 0 Å². The molecule has 0 aliphatic rings. The highest BCUT2D eigenvalue weighted by atomic mass is 14.0. The molecule has 0 unspecified atom stereocenters. The van der Waals surface area contributed by atoms with E-state index in [1.807, 2.05) is 0 Å². The van der Waals surface area contributed by atoms with Crippen molar-refractivity contribution in [3.8, 4) is 0 Å². The molecule has 0 rings (SSSR count). The first-order chi connectivity index (χ1) is 5.16. The number of hydrogen-bond acceptors (Lipinski definition) is 0. The molecule has 0 spiro atoms. The van der Waals surface area contributed by atoms with E-state index in [1.54, 1.807) is 0 Å². The minimum absolute atomic E-state index is 0.782. The summed E-state index contributed by atoms with van der Waals surface area (Å²) in [5.74, 6) is 0.782. The van der Waals surface area contributed by atoms with E-state index >= 15 is 0 Å². The number of hydrogen-bond donors (Lipinski definition) is 0. The standard InChI is InChI=1S/C9H18.C2H4/c1-5-6-9(4)7-8(2)3;1-2/h8H,4-7H2,1-3H3;1-2H2. The molecule has 0 saturated heterocycles. The van der Waals surface area contributed by atoms with Gasteiger partial charge in [-0.2, -0.15) is 0 Å². The van der Waals surface area contributed by atoms with Crippen LogP contribution in [0.2, 0.25) is 0 Å². The summed E-state index contributed by atoms with van der Waals surface area (Å²) in [6.45, 7) is 16.7. The summed E-state index contributed by atoms with van der Waals surface area (Å²) in [6, 6.07) is 0. The second-order valence-corrected chi connectivity index (χ2v) is 3.10. The third-order valence-corrected chi connectivity index (χ3v) is 1.30. The highest BCUT2D eigenvalue weighted by molar-refractivity contribution is 4.93. The lowest BCUT2D eigenvalue weighted by atomic mass is 10.0. The first kappa shape index (κ1) is 13.1. The van der Waals surface area contributed by atoms with Gasteiger partial charge in [0.1, 0.15) is 0 Å². The van der Waals surface area contributed by atoms with E-state index in [4.69, 9.17) is 0 Å². The van der Waals surface area contributed by atoms with E-state index in [0.717, 1.165) is 5.92 Å². The van der Waals surface area contributed by atoms with Crippen molar-refractivity contribution in [2.45, 2.75) is 40.0 Å². The molecule has 0 radical (unpaired) electrons. The maximum atomic E-state index is 3.98. The first-order valence-electron chi connectivity index (χ1n) is 4.33. The van der Waals surface area contributed by atoms with Crippen LogP contribution in [-0.2, 0) is 0 Å². The molecule has 0 aromatic heterocycles. The Morgan fingerprint density at radius 3 is 2.00 bits per heavy atom. The van der Waals surface area contributed by atoms with Crippen LogP contribution < -0.4 is 0 Å². The minimum atomic E-state index is 0.782. The highest BCUT2D eigenvalue weighted by Crippen LogP contribution is 2.12. The van der Waals surface area contributed by atoms with Gasteiger partial charge in [-0.05, 0) is 18.8 Å². The van der Waals surface area contributed by atoms with Crippen LogP contribution >= 0.6 is 0 Å². The molecule has 0 fully saturated rings. The quantitative estimate of drug-likeness (QED) is 0.533. The fourth-order valence-electron chi connectivity index (χ4n) is 1.03. The molecule has 0 aliphatic carbocycles. The third-order valence-electron chi connectivity index (χ3n) is 1.30. The molecular formula is C11H22. The Bertz CT molecular complexity index is 90.2.